The summed E-state index contributed by atoms with van der Waals surface area (Å²) in [4.78, 5) is 23.7. The van der Waals surface area contributed by atoms with E-state index in [1.54, 1.807) is 12.1 Å². The topological polar surface area (TPSA) is 84.9 Å². The number of ether oxygens (including phenoxy) is 2. The number of anilines is 1. The van der Waals surface area contributed by atoms with Crippen molar-refractivity contribution in [3.8, 4) is 11.5 Å². The van der Waals surface area contributed by atoms with Gasteiger partial charge in [0.15, 0.2) is 11.5 Å². The van der Waals surface area contributed by atoms with E-state index in [1.807, 2.05) is 19.1 Å². The van der Waals surface area contributed by atoms with E-state index in [0.29, 0.717) is 30.0 Å². The molecule has 0 aromatic heterocycles. The Labute approximate surface area is 127 Å². The van der Waals surface area contributed by atoms with Crippen LogP contribution in [0.2, 0.25) is 0 Å². The van der Waals surface area contributed by atoms with Gasteiger partial charge in [0.25, 0.3) is 0 Å². The van der Waals surface area contributed by atoms with Gasteiger partial charge < -0.3 is 19.9 Å². The third-order valence-corrected chi connectivity index (χ3v) is 4.06. The van der Waals surface area contributed by atoms with Crippen molar-refractivity contribution in [1.29, 1.82) is 0 Å². The maximum absolute atomic E-state index is 12.5. The van der Waals surface area contributed by atoms with Crippen LogP contribution < -0.4 is 14.8 Å². The van der Waals surface area contributed by atoms with Crippen molar-refractivity contribution in [2.24, 2.45) is 11.8 Å². The van der Waals surface area contributed by atoms with E-state index < -0.39 is 17.8 Å². The molecule has 2 aliphatic rings. The average Bonchev–Trinajstić information content (AvgIpc) is 2.94. The lowest BCUT2D eigenvalue weighted by Crippen LogP contribution is -2.34. The lowest BCUT2D eigenvalue weighted by atomic mass is 9.82. The van der Waals surface area contributed by atoms with Crippen molar-refractivity contribution in [2.45, 2.75) is 19.8 Å². The van der Waals surface area contributed by atoms with Gasteiger partial charge in [0.1, 0.15) is 0 Å². The summed E-state index contributed by atoms with van der Waals surface area (Å²) >= 11 is 0. The first-order valence-corrected chi connectivity index (χ1v) is 7.15. The molecule has 22 heavy (non-hydrogen) atoms. The normalized spacial score (nSPS) is 22.4. The van der Waals surface area contributed by atoms with Crippen LogP contribution in [0.15, 0.2) is 24.3 Å². The molecule has 0 unspecified atom stereocenters. The molecule has 116 valence electrons. The van der Waals surface area contributed by atoms with E-state index in [0.717, 1.165) is 5.56 Å². The minimum absolute atomic E-state index is 0.167. The summed E-state index contributed by atoms with van der Waals surface area (Å²) in [5.41, 5.74) is 1.46. The molecule has 0 saturated carbocycles. The summed E-state index contributed by atoms with van der Waals surface area (Å²) in [6.07, 6.45) is 4.49. The van der Waals surface area contributed by atoms with Gasteiger partial charge in [-0.25, -0.2) is 0 Å². The van der Waals surface area contributed by atoms with Crippen LogP contribution >= 0.6 is 0 Å². The van der Waals surface area contributed by atoms with Gasteiger partial charge in [0, 0.05) is 11.8 Å². The van der Waals surface area contributed by atoms with Gasteiger partial charge >= 0.3 is 5.97 Å². The molecule has 0 radical (unpaired) electrons. The Balaban J connectivity index is 1.79. The predicted molar refractivity (Wildman–Crippen MR) is 78.9 cm³/mol. The SMILES string of the molecule is Cc1cc2c(cc1NC(=O)[C@@H]1CC=CC[C@H]1C(=O)O)OCO2. The molecule has 2 N–H and O–H groups in total. The molecular weight excluding hydrogens is 286 g/mol. The summed E-state index contributed by atoms with van der Waals surface area (Å²) in [5.74, 6) is -1.23. The zero-order valence-electron chi connectivity index (χ0n) is 12.2. The van der Waals surface area contributed by atoms with Crippen LogP contribution in [0, 0.1) is 18.8 Å². The Hall–Kier alpha value is -2.50. The van der Waals surface area contributed by atoms with Gasteiger partial charge in [-0.05, 0) is 31.4 Å². The van der Waals surface area contributed by atoms with Crippen molar-refractivity contribution in [2.75, 3.05) is 12.1 Å². The van der Waals surface area contributed by atoms with E-state index in [2.05, 4.69) is 5.32 Å². The number of aryl methyl sites for hydroxylation is 1. The van der Waals surface area contributed by atoms with Crippen LogP contribution in [-0.2, 0) is 9.59 Å². The number of hydrogen-bond donors (Lipinski definition) is 2. The molecule has 1 amide bonds. The summed E-state index contributed by atoms with van der Waals surface area (Å²) in [7, 11) is 0. The molecule has 1 heterocycles. The number of allylic oxidation sites excluding steroid dienone is 2. The molecule has 1 aromatic carbocycles. The van der Waals surface area contributed by atoms with Crippen LogP contribution in [0.5, 0.6) is 11.5 Å². The van der Waals surface area contributed by atoms with Gasteiger partial charge in [-0.2, -0.15) is 0 Å². The zero-order chi connectivity index (χ0) is 15.7. The number of carbonyl (C=O) groups is 2. The number of carbonyl (C=O) groups excluding carboxylic acids is 1. The lowest BCUT2D eigenvalue weighted by molar-refractivity contribution is -0.146. The molecule has 6 heteroatoms. The van der Waals surface area contributed by atoms with Crippen molar-refractivity contribution >= 4 is 17.6 Å². The number of rotatable bonds is 3. The highest BCUT2D eigenvalue weighted by atomic mass is 16.7. The first kappa shape index (κ1) is 14.4. The second-order valence-electron chi connectivity index (χ2n) is 5.50. The number of amides is 1. The molecule has 1 aromatic rings. The highest BCUT2D eigenvalue weighted by molar-refractivity contribution is 5.96. The van der Waals surface area contributed by atoms with Gasteiger partial charge in [0.05, 0.1) is 11.8 Å². The Morgan fingerprint density at radius 2 is 1.77 bits per heavy atom. The van der Waals surface area contributed by atoms with E-state index in [-0.39, 0.29) is 12.7 Å². The molecule has 0 fully saturated rings. The summed E-state index contributed by atoms with van der Waals surface area (Å²) < 4.78 is 10.6. The second kappa shape index (κ2) is 5.71. The van der Waals surface area contributed by atoms with Crippen LogP contribution in [0.4, 0.5) is 5.69 Å². The van der Waals surface area contributed by atoms with Crippen LogP contribution in [-0.4, -0.2) is 23.8 Å². The minimum atomic E-state index is -0.938. The molecule has 1 aliphatic heterocycles. The summed E-state index contributed by atoms with van der Waals surface area (Å²) in [5, 5.41) is 12.1. The zero-order valence-corrected chi connectivity index (χ0v) is 12.2. The molecule has 3 rings (SSSR count). The van der Waals surface area contributed by atoms with Crippen LogP contribution in [0.3, 0.4) is 0 Å². The highest BCUT2D eigenvalue weighted by Crippen LogP contribution is 2.37. The van der Waals surface area contributed by atoms with Crippen LogP contribution in [0.25, 0.3) is 0 Å². The Morgan fingerprint density at radius 3 is 2.45 bits per heavy atom. The summed E-state index contributed by atoms with van der Waals surface area (Å²) in [6.45, 7) is 2.02. The standard InChI is InChI=1S/C16H17NO5/c1-9-6-13-14(22-8-21-13)7-12(9)17-15(18)10-4-2-3-5-11(10)16(19)20/h2-3,6-7,10-11H,4-5,8H2,1H3,(H,17,18)(H,19,20)/t10-,11-/m1/s1. The Kier molecular flexibility index (Phi) is 3.75. The number of fused-ring (bicyclic) bond motifs is 1. The van der Waals surface area contributed by atoms with Crippen molar-refractivity contribution in [3.63, 3.8) is 0 Å². The molecule has 1 aliphatic carbocycles. The molecular formula is C16H17NO5. The van der Waals surface area contributed by atoms with Crippen molar-refractivity contribution in [1.82, 2.24) is 0 Å². The number of nitrogens with one attached hydrogen (secondary N) is 1. The Bertz CT molecular complexity index is 652. The maximum Gasteiger partial charge on any atom is 0.307 e. The third-order valence-electron chi connectivity index (χ3n) is 4.06. The fourth-order valence-electron chi connectivity index (χ4n) is 2.78. The minimum Gasteiger partial charge on any atom is -0.481 e. The first-order valence-electron chi connectivity index (χ1n) is 7.15. The fraction of sp³-hybridized carbons (Fsp3) is 0.375. The number of hydrogen-bond acceptors (Lipinski definition) is 4. The first-order chi connectivity index (χ1) is 10.6. The quantitative estimate of drug-likeness (QED) is 0.837. The lowest BCUT2D eigenvalue weighted by Gasteiger charge is -2.24. The second-order valence-corrected chi connectivity index (χ2v) is 5.50. The maximum atomic E-state index is 12.5. The summed E-state index contributed by atoms with van der Waals surface area (Å²) in [6, 6.07) is 3.51. The van der Waals surface area contributed by atoms with E-state index in [4.69, 9.17) is 9.47 Å². The van der Waals surface area contributed by atoms with E-state index in [9.17, 15) is 14.7 Å². The van der Waals surface area contributed by atoms with Gasteiger partial charge in [-0.15, -0.1) is 0 Å². The van der Waals surface area contributed by atoms with Gasteiger partial charge in [0.2, 0.25) is 12.7 Å². The third kappa shape index (κ3) is 2.64. The molecule has 0 spiro atoms. The van der Waals surface area contributed by atoms with E-state index in [1.165, 1.54) is 0 Å². The largest absolute Gasteiger partial charge is 0.481 e. The fourth-order valence-corrected chi connectivity index (χ4v) is 2.78. The van der Waals surface area contributed by atoms with E-state index >= 15 is 0 Å². The molecule has 2 atom stereocenters. The average molecular weight is 303 g/mol. The highest BCUT2D eigenvalue weighted by Gasteiger charge is 2.34. The van der Waals surface area contributed by atoms with Crippen molar-refractivity contribution < 1.29 is 24.2 Å². The molecule has 6 nitrogen and oxygen atoms in total. The monoisotopic (exact) mass is 303 g/mol. The Morgan fingerprint density at radius 1 is 1.14 bits per heavy atom. The smallest absolute Gasteiger partial charge is 0.307 e. The molecule has 0 saturated heterocycles. The number of carboxylic acid groups (broad SMARTS) is 1. The molecule has 0 bridgehead atoms. The van der Waals surface area contributed by atoms with Gasteiger partial charge in [-0.1, -0.05) is 12.2 Å². The number of carboxylic acids is 1. The number of aliphatic carboxylic acids is 1. The number of benzene rings is 1. The predicted octanol–water partition coefficient (Wildman–Crippen LogP) is 2.33. The van der Waals surface area contributed by atoms with Crippen molar-refractivity contribution in [3.05, 3.63) is 29.8 Å². The van der Waals surface area contributed by atoms with Gasteiger partial charge in [-0.3, -0.25) is 9.59 Å². The van der Waals surface area contributed by atoms with Crippen LogP contribution in [0.1, 0.15) is 18.4 Å².